The summed E-state index contributed by atoms with van der Waals surface area (Å²) in [6.45, 7) is 0. The molecule has 0 aliphatic heterocycles. The van der Waals surface area contributed by atoms with Gasteiger partial charge in [-0.15, -0.1) is 11.8 Å². The van der Waals surface area contributed by atoms with Gasteiger partial charge in [0.2, 0.25) is 5.91 Å². The Kier molecular flexibility index (Phi) is 12.4. The molecule has 5 rings (SSSR count). The average molecular weight is 742 g/mol. The molecule has 0 aromatic heterocycles. The maximum atomic E-state index is 13.7. The summed E-state index contributed by atoms with van der Waals surface area (Å²) in [5, 5.41) is 7.00. The number of para-hydroxylation sites is 1. The molecule has 3 amide bonds. The third kappa shape index (κ3) is 9.77. The van der Waals surface area contributed by atoms with E-state index in [1.165, 1.54) is 45.6 Å². The van der Waals surface area contributed by atoms with E-state index in [9.17, 15) is 27.6 Å². The van der Waals surface area contributed by atoms with Crippen molar-refractivity contribution in [2.75, 3.05) is 32.0 Å². The molecule has 13 heteroatoms. The standard InChI is InChI=1S/C40H34F3N3O6S/c1-50-33-24-35(52-3)34(51-2)23-27(33)22-32(46-37(47)26-14-8-5-9-15-26)38(48)44-28-18-20-29(21-19-28)53-36(25-12-6-4-7-13-25)39(49)45-31-17-11-10-16-30(31)40(41,42)43/h4-24,36H,1-3H3,(H,44,48)(H,45,49)(H,46,47)/b32-22-. The average Bonchev–Trinajstić information content (AvgIpc) is 3.17. The van der Waals surface area contributed by atoms with Gasteiger partial charge in [0.25, 0.3) is 11.8 Å². The lowest BCUT2D eigenvalue weighted by atomic mass is 10.1. The summed E-state index contributed by atoms with van der Waals surface area (Å²) in [5.41, 5.74) is 0.262. The van der Waals surface area contributed by atoms with Crippen LogP contribution in [0.5, 0.6) is 17.2 Å². The highest BCUT2D eigenvalue weighted by atomic mass is 32.2. The molecule has 0 aliphatic carbocycles. The molecule has 53 heavy (non-hydrogen) atoms. The lowest BCUT2D eigenvalue weighted by Crippen LogP contribution is -2.30. The Labute approximate surface area is 308 Å². The molecule has 272 valence electrons. The van der Waals surface area contributed by atoms with E-state index in [0.717, 1.165) is 17.8 Å². The monoisotopic (exact) mass is 741 g/mol. The number of ether oxygens (including phenoxy) is 3. The van der Waals surface area contributed by atoms with Crippen molar-refractivity contribution >= 4 is 46.9 Å². The van der Waals surface area contributed by atoms with Gasteiger partial charge in [0, 0.05) is 27.8 Å². The zero-order valence-corrected chi connectivity index (χ0v) is 29.5. The summed E-state index contributed by atoms with van der Waals surface area (Å²) in [7, 11) is 4.39. The van der Waals surface area contributed by atoms with Crippen LogP contribution >= 0.6 is 11.8 Å². The Hall–Kier alpha value is -6.21. The Bertz CT molecular complexity index is 2090. The fourth-order valence-corrected chi connectivity index (χ4v) is 6.18. The zero-order chi connectivity index (χ0) is 38.0. The number of methoxy groups -OCH3 is 3. The number of hydrogen-bond acceptors (Lipinski definition) is 7. The minimum atomic E-state index is -4.66. The molecule has 5 aromatic carbocycles. The quantitative estimate of drug-likeness (QED) is 0.0818. The molecule has 0 heterocycles. The second kappa shape index (κ2) is 17.3. The highest BCUT2D eigenvalue weighted by molar-refractivity contribution is 8.00. The molecule has 0 saturated heterocycles. The van der Waals surface area contributed by atoms with Crippen molar-refractivity contribution in [1.82, 2.24) is 5.32 Å². The van der Waals surface area contributed by atoms with Gasteiger partial charge in [-0.2, -0.15) is 13.2 Å². The van der Waals surface area contributed by atoms with Crippen LogP contribution in [-0.2, 0) is 15.8 Å². The van der Waals surface area contributed by atoms with Crippen LogP contribution in [0.4, 0.5) is 24.5 Å². The minimum Gasteiger partial charge on any atom is -0.496 e. The van der Waals surface area contributed by atoms with E-state index >= 15 is 0 Å². The van der Waals surface area contributed by atoms with Crippen LogP contribution in [0.15, 0.2) is 132 Å². The number of halogens is 3. The van der Waals surface area contributed by atoms with E-state index < -0.39 is 34.7 Å². The molecular formula is C40H34F3N3O6S. The Morgan fingerprint density at radius 2 is 1.28 bits per heavy atom. The number of nitrogens with one attached hydrogen (secondary N) is 3. The smallest absolute Gasteiger partial charge is 0.418 e. The van der Waals surface area contributed by atoms with Crippen molar-refractivity contribution in [3.8, 4) is 17.2 Å². The summed E-state index contributed by atoms with van der Waals surface area (Å²) >= 11 is 1.12. The van der Waals surface area contributed by atoms with Crippen molar-refractivity contribution in [2.45, 2.75) is 16.3 Å². The molecule has 5 aromatic rings. The number of amides is 3. The van der Waals surface area contributed by atoms with E-state index in [1.54, 1.807) is 97.1 Å². The van der Waals surface area contributed by atoms with Gasteiger partial charge in [0.05, 0.1) is 32.6 Å². The van der Waals surface area contributed by atoms with Gasteiger partial charge in [-0.05, 0) is 66.2 Å². The summed E-state index contributed by atoms with van der Waals surface area (Å²) in [6, 6.07) is 31.6. The first kappa shape index (κ1) is 38.0. The SMILES string of the molecule is COc1cc(OC)c(OC)cc1/C=C(\NC(=O)c1ccccc1)C(=O)Nc1ccc(SC(C(=O)Nc2ccccc2C(F)(F)F)c2ccccc2)cc1. The van der Waals surface area contributed by atoms with Crippen molar-refractivity contribution in [3.05, 3.63) is 149 Å². The van der Waals surface area contributed by atoms with E-state index in [4.69, 9.17) is 14.2 Å². The molecule has 1 unspecified atom stereocenters. The minimum absolute atomic E-state index is 0.109. The van der Waals surface area contributed by atoms with Crippen LogP contribution in [-0.4, -0.2) is 39.1 Å². The lowest BCUT2D eigenvalue weighted by Gasteiger charge is -2.19. The highest BCUT2D eigenvalue weighted by Gasteiger charge is 2.34. The van der Waals surface area contributed by atoms with Gasteiger partial charge < -0.3 is 30.2 Å². The largest absolute Gasteiger partial charge is 0.496 e. The lowest BCUT2D eigenvalue weighted by molar-refractivity contribution is -0.137. The normalized spacial score (nSPS) is 11.9. The van der Waals surface area contributed by atoms with E-state index in [-0.39, 0.29) is 11.4 Å². The second-order valence-corrected chi connectivity index (χ2v) is 12.4. The van der Waals surface area contributed by atoms with Gasteiger partial charge in [-0.25, -0.2) is 0 Å². The predicted molar refractivity (Wildman–Crippen MR) is 198 cm³/mol. The van der Waals surface area contributed by atoms with Gasteiger partial charge in [-0.3, -0.25) is 14.4 Å². The van der Waals surface area contributed by atoms with Gasteiger partial charge >= 0.3 is 6.18 Å². The molecule has 0 saturated carbocycles. The van der Waals surface area contributed by atoms with E-state index in [2.05, 4.69) is 16.0 Å². The number of benzene rings is 5. The maximum absolute atomic E-state index is 13.7. The number of alkyl halides is 3. The predicted octanol–water partition coefficient (Wildman–Crippen LogP) is 8.61. The zero-order valence-electron chi connectivity index (χ0n) is 28.7. The Morgan fingerprint density at radius 1 is 0.698 bits per heavy atom. The molecule has 9 nitrogen and oxygen atoms in total. The highest BCUT2D eigenvalue weighted by Crippen LogP contribution is 2.39. The number of thioether (sulfide) groups is 1. The summed E-state index contributed by atoms with van der Waals surface area (Å²) in [6.07, 6.45) is -3.21. The number of carbonyl (C=O) groups is 3. The van der Waals surface area contributed by atoms with Crippen molar-refractivity contribution in [3.63, 3.8) is 0 Å². The molecular weight excluding hydrogens is 708 g/mol. The van der Waals surface area contributed by atoms with Crippen molar-refractivity contribution in [1.29, 1.82) is 0 Å². The molecule has 1 atom stereocenters. The van der Waals surface area contributed by atoms with E-state index in [0.29, 0.717) is 44.5 Å². The third-order valence-corrected chi connectivity index (χ3v) is 9.03. The number of anilines is 2. The van der Waals surface area contributed by atoms with Crippen molar-refractivity contribution < 1.29 is 41.8 Å². The number of carbonyl (C=O) groups excluding carboxylic acids is 3. The topological polar surface area (TPSA) is 115 Å². The van der Waals surface area contributed by atoms with Gasteiger partial charge in [0.1, 0.15) is 16.7 Å². The molecule has 0 fully saturated rings. The fraction of sp³-hybridized carbons (Fsp3) is 0.125. The van der Waals surface area contributed by atoms with Crippen LogP contribution in [0, 0.1) is 0 Å². The van der Waals surface area contributed by atoms with Crippen molar-refractivity contribution in [2.24, 2.45) is 0 Å². The summed E-state index contributed by atoms with van der Waals surface area (Å²) < 4.78 is 57.3. The second-order valence-electron chi connectivity index (χ2n) is 11.2. The molecule has 0 radical (unpaired) electrons. The van der Waals surface area contributed by atoms with Gasteiger partial charge in [0.15, 0.2) is 11.5 Å². The van der Waals surface area contributed by atoms with E-state index in [1.807, 2.05) is 0 Å². The first-order valence-corrected chi connectivity index (χ1v) is 16.9. The first-order valence-electron chi connectivity index (χ1n) is 16.0. The Morgan fingerprint density at radius 3 is 1.91 bits per heavy atom. The molecule has 3 N–H and O–H groups in total. The van der Waals surface area contributed by atoms with Crippen LogP contribution in [0.3, 0.4) is 0 Å². The molecule has 0 aliphatic rings. The number of rotatable bonds is 13. The first-order chi connectivity index (χ1) is 25.5. The van der Waals surface area contributed by atoms with Crippen LogP contribution in [0.2, 0.25) is 0 Å². The fourth-order valence-electron chi connectivity index (χ4n) is 5.15. The van der Waals surface area contributed by atoms with Crippen LogP contribution in [0.25, 0.3) is 6.08 Å². The summed E-state index contributed by atoms with van der Waals surface area (Å²) in [4.78, 5) is 41.0. The van der Waals surface area contributed by atoms with Crippen LogP contribution < -0.4 is 30.2 Å². The molecule has 0 bridgehead atoms. The third-order valence-electron chi connectivity index (χ3n) is 7.76. The van der Waals surface area contributed by atoms with Crippen LogP contribution in [0.1, 0.15) is 32.3 Å². The molecule has 0 spiro atoms. The summed E-state index contributed by atoms with van der Waals surface area (Å²) in [5.74, 6) is -0.713. The maximum Gasteiger partial charge on any atom is 0.418 e. The Balaban J connectivity index is 1.40. The number of hydrogen-bond donors (Lipinski definition) is 3. The van der Waals surface area contributed by atoms with Gasteiger partial charge in [-0.1, -0.05) is 60.7 Å².